The third kappa shape index (κ3) is 3.28. The smallest absolute Gasteiger partial charge is 0.186 e. The average Bonchev–Trinajstić information content (AvgIpc) is 2.37. The summed E-state index contributed by atoms with van der Waals surface area (Å²) in [5, 5.41) is 0. The molecule has 0 heterocycles. The van der Waals surface area contributed by atoms with Crippen LogP contribution in [-0.2, 0) is 0 Å². The monoisotopic (exact) mass is 329 g/mol. The van der Waals surface area contributed by atoms with Crippen LogP contribution in [0.2, 0.25) is 0 Å². The zero-order chi connectivity index (χ0) is 14.6. The fraction of sp³-hybridized carbons (Fsp3) is 0.500. The number of rotatable bonds is 6. The molecule has 5 heteroatoms. The number of benzene rings is 1. The van der Waals surface area contributed by atoms with E-state index in [1.165, 1.54) is 7.11 Å². The van der Waals surface area contributed by atoms with Crippen molar-refractivity contribution in [1.29, 1.82) is 0 Å². The number of carbonyl (C=O) groups is 1. The summed E-state index contributed by atoms with van der Waals surface area (Å²) in [6.07, 6.45) is 1.47. The molecule has 1 aromatic rings. The second kappa shape index (κ2) is 6.39. The Hall–Kier alpha value is -1.07. The molecule has 1 rings (SSSR count). The lowest BCUT2D eigenvalue weighted by Gasteiger charge is -2.24. The molecule has 0 bridgehead atoms. The van der Waals surface area contributed by atoms with Crippen LogP contribution in [0.15, 0.2) is 16.6 Å². The molecule has 0 aliphatic rings. The van der Waals surface area contributed by atoms with Gasteiger partial charge in [-0.25, -0.2) is 0 Å². The Bertz CT molecular complexity index is 472. The molecule has 1 unspecified atom stereocenters. The lowest BCUT2D eigenvalue weighted by molar-refractivity contribution is 0.0889. The van der Waals surface area contributed by atoms with Crippen LogP contribution in [-0.4, -0.2) is 25.5 Å². The zero-order valence-electron chi connectivity index (χ0n) is 11.7. The van der Waals surface area contributed by atoms with Gasteiger partial charge in [0, 0.05) is 0 Å². The molecule has 106 valence electrons. The number of hydrogen-bond acceptors (Lipinski definition) is 4. The summed E-state index contributed by atoms with van der Waals surface area (Å²) in [4.78, 5) is 12.5. The first-order valence-corrected chi connectivity index (χ1v) is 6.92. The summed E-state index contributed by atoms with van der Waals surface area (Å²) >= 11 is 3.38. The van der Waals surface area contributed by atoms with Gasteiger partial charge in [-0.15, -0.1) is 0 Å². The van der Waals surface area contributed by atoms with Crippen molar-refractivity contribution in [2.24, 2.45) is 5.73 Å². The van der Waals surface area contributed by atoms with E-state index < -0.39 is 5.54 Å². The average molecular weight is 330 g/mol. The molecule has 0 aliphatic heterocycles. The topological polar surface area (TPSA) is 61.6 Å². The Labute approximate surface area is 122 Å². The normalized spacial score (nSPS) is 13.8. The fourth-order valence-electron chi connectivity index (χ4n) is 2.01. The number of nitrogens with two attached hydrogens (primary N) is 1. The molecule has 0 spiro atoms. The van der Waals surface area contributed by atoms with Crippen molar-refractivity contribution >= 4 is 21.7 Å². The molecule has 0 saturated heterocycles. The third-order valence-electron chi connectivity index (χ3n) is 3.02. The van der Waals surface area contributed by atoms with E-state index in [1.807, 2.05) is 6.92 Å². The Morgan fingerprint density at radius 2 is 2.00 bits per heavy atom. The highest BCUT2D eigenvalue weighted by Crippen LogP contribution is 2.38. The molecular weight excluding hydrogens is 310 g/mol. The van der Waals surface area contributed by atoms with Crippen LogP contribution in [0.25, 0.3) is 0 Å². The van der Waals surface area contributed by atoms with Gasteiger partial charge in [0.25, 0.3) is 0 Å². The quantitative estimate of drug-likeness (QED) is 0.814. The SMILES string of the molecule is CCCC(C)(N)C(=O)c1ccc(OC)c(Br)c1OC. The Kier molecular flexibility index (Phi) is 5.38. The lowest BCUT2D eigenvalue weighted by atomic mass is 9.87. The lowest BCUT2D eigenvalue weighted by Crippen LogP contribution is -2.44. The molecular formula is C14H20BrNO3. The van der Waals surface area contributed by atoms with Crippen LogP contribution in [0, 0.1) is 0 Å². The van der Waals surface area contributed by atoms with Crippen molar-refractivity contribution in [3.63, 3.8) is 0 Å². The standard InChI is InChI=1S/C14H20BrNO3/c1-5-8-14(2,16)13(17)9-6-7-10(18-3)11(15)12(9)19-4/h6-7H,5,8,16H2,1-4H3. The molecule has 1 atom stereocenters. The van der Waals surface area contributed by atoms with Crippen molar-refractivity contribution in [3.8, 4) is 11.5 Å². The van der Waals surface area contributed by atoms with Crippen molar-refractivity contribution in [2.75, 3.05) is 14.2 Å². The van der Waals surface area contributed by atoms with Gasteiger partial charge in [-0.05, 0) is 41.4 Å². The van der Waals surface area contributed by atoms with E-state index in [0.29, 0.717) is 28.0 Å². The maximum atomic E-state index is 12.5. The van der Waals surface area contributed by atoms with E-state index in [-0.39, 0.29) is 5.78 Å². The Morgan fingerprint density at radius 1 is 1.37 bits per heavy atom. The van der Waals surface area contributed by atoms with Gasteiger partial charge in [-0.3, -0.25) is 4.79 Å². The molecule has 0 saturated carbocycles. The maximum Gasteiger partial charge on any atom is 0.186 e. The van der Waals surface area contributed by atoms with Crippen LogP contribution in [0.5, 0.6) is 11.5 Å². The molecule has 1 aromatic carbocycles. The van der Waals surface area contributed by atoms with Gasteiger partial charge in [0.05, 0.1) is 25.3 Å². The molecule has 0 aromatic heterocycles. The number of carbonyl (C=O) groups excluding carboxylic acids is 1. The van der Waals surface area contributed by atoms with Crippen molar-refractivity contribution in [3.05, 3.63) is 22.2 Å². The van der Waals surface area contributed by atoms with Crippen LogP contribution >= 0.6 is 15.9 Å². The van der Waals surface area contributed by atoms with Gasteiger partial charge in [0.15, 0.2) is 5.78 Å². The first-order chi connectivity index (χ1) is 8.88. The maximum absolute atomic E-state index is 12.5. The highest BCUT2D eigenvalue weighted by Gasteiger charge is 2.31. The first kappa shape index (κ1) is 16.0. The van der Waals surface area contributed by atoms with E-state index in [4.69, 9.17) is 15.2 Å². The first-order valence-electron chi connectivity index (χ1n) is 6.13. The second-order valence-corrected chi connectivity index (χ2v) is 5.45. The number of methoxy groups -OCH3 is 2. The number of hydrogen-bond donors (Lipinski definition) is 1. The van der Waals surface area contributed by atoms with E-state index >= 15 is 0 Å². The van der Waals surface area contributed by atoms with Crippen molar-refractivity contribution < 1.29 is 14.3 Å². The van der Waals surface area contributed by atoms with Crippen LogP contribution in [0.3, 0.4) is 0 Å². The van der Waals surface area contributed by atoms with E-state index in [0.717, 1.165) is 6.42 Å². The summed E-state index contributed by atoms with van der Waals surface area (Å²) in [6, 6.07) is 3.41. The highest BCUT2D eigenvalue weighted by atomic mass is 79.9. The molecule has 0 aliphatic carbocycles. The summed E-state index contributed by atoms with van der Waals surface area (Å²) in [7, 11) is 3.08. The Morgan fingerprint density at radius 3 is 2.47 bits per heavy atom. The minimum absolute atomic E-state index is 0.130. The number of halogens is 1. The molecule has 19 heavy (non-hydrogen) atoms. The third-order valence-corrected chi connectivity index (χ3v) is 3.77. The second-order valence-electron chi connectivity index (χ2n) is 4.66. The van der Waals surface area contributed by atoms with Crippen molar-refractivity contribution in [1.82, 2.24) is 0 Å². The zero-order valence-corrected chi connectivity index (χ0v) is 13.3. The molecule has 0 fully saturated rings. The van der Waals surface area contributed by atoms with E-state index in [2.05, 4.69) is 15.9 Å². The van der Waals surface area contributed by atoms with Crippen LogP contribution in [0.4, 0.5) is 0 Å². The van der Waals surface area contributed by atoms with E-state index in [9.17, 15) is 4.79 Å². The van der Waals surface area contributed by atoms with Gasteiger partial charge in [0.1, 0.15) is 16.0 Å². The van der Waals surface area contributed by atoms with Gasteiger partial charge in [-0.2, -0.15) is 0 Å². The largest absolute Gasteiger partial charge is 0.495 e. The van der Waals surface area contributed by atoms with Gasteiger partial charge in [0.2, 0.25) is 0 Å². The number of Topliss-reactive ketones (excluding diaryl/α,β-unsaturated/α-hetero) is 1. The van der Waals surface area contributed by atoms with Gasteiger partial charge >= 0.3 is 0 Å². The van der Waals surface area contributed by atoms with Crippen LogP contribution in [0.1, 0.15) is 37.0 Å². The van der Waals surface area contributed by atoms with Crippen LogP contribution < -0.4 is 15.2 Å². The molecule has 2 N–H and O–H groups in total. The predicted molar refractivity (Wildman–Crippen MR) is 79.1 cm³/mol. The fourth-order valence-corrected chi connectivity index (χ4v) is 2.68. The number of ether oxygens (including phenoxy) is 2. The number of ketones is 1. The van der Waals surface area contributed by atoms with Gasteiger partial charge < -0.3 is 15.2 Å². The Balaban J connectivity index is 3.28. The molecule has 0 amide bonds. The van der Waals surface area contributed by atoms with Crippen molar-refractivity contribution in [2.45, 2.75) is 32.2 Å². The molecule has 4 nitrogen and oxygen atoms in total. The summed E-state index contributed by atoms with van der Waals surface area (Å²) in [6.45, 7) is 3.75. The summed E-state index contributed by atoms with van der Waals surface area (Å²) < 4.78 is 11.1. The predicted octanol–water partition coefficient (Wildman–Crippen LogP) is 3.17. The minimum Gasteiger partial charge on any atom is -0.495 e. The highest BCUT2D eigenvalue weighted by molar-refractivity contribution is 9.10. The van der Waals surface area contributed by atoms with E-state index in [1.54, 1.807) is 26.2 Å². The summed E-state index contributed by atoms with van der Waals surface area (Å²) in [5.41, 5.74) is 5.67. The minimum atomic E-state index is -0.893. The van der Waals surface area contributed by atoms with Gasteiger partial charge in [-0.1, -0.05) is 13.3 Å². The molecule has 0 radical (unpaired) electrons. The summed E-state index contributed by atoms with van der Waals surface area (Å²) in [5.74, 6) is 0.939.